The van der Waals surface area contributed by atoms with Gasteiger partial charge in [0.05, 0.1) is 12.2 Å². The SMILES string of the molecule is CCOc1ccc(Nc2ncccc2C(=O)NCC(N)C2CC2)cc1.Cl.Cl. The molecule has 0 radical (unpaired) electrons. The minimum atomic E-state index is -0.169. The Hall–Kier alpha value is -2.02. The van der Waals surface area contributed by atoms with Crippen LogP contribution in [0.3, 0.4) is 0 Å². The molecule has 1 aliphatic carbocycles. The highest BCUT2D eigenvalue weighted by atomic mass is 35.5. The Morgan fingerprint density at radius 2 is 1.96 bits per heavy atom. The molecule has 1 heterocycles. The van der Waals surface area contributed by atoms with Crippen molar-refractivity contribution in [3.05, 3.63) is 48.2 Å². The smallest absolute Gasteiger partial charge is 0.255 e. The molecule has 4 N–H and O–H groups in total. The van der Waals surface area contributed by atoms with Crippen molar-refractivity contribution in [3.8, 4) is 5.75 Å². The molecular formula is C19H26Cl2N4O2. The van der Waals surface area contributed by atoms with E-state index in [0.717, 1.165) is 24.3 Å². The molecule has 1 amide bonds. The summed E-state index contributed by atoms with van der Waals surface area (Å²) in [5.41, 5.74) is 7.39. The third-order valence-electron chi connectivity index (χ3n) is 4.21. The molecule has 1 fully saturated rings. The number of nitrogens with zero attached hydrogens (tertiary/aromatic N) is 1. The summed E-state index contributed by atoms with van der Waals surface area (Å²) < 4.78 is 5.43. The molecule has 8 heteroatoms. The van der Waals surface area contributed by atoms with Gasteiger partial charge in [-0.15, -0.1) is 24.8 Å². The van der Waals surface area contributed by atoms with Crippen molar-refractivity contribution in [3.63, 3.8) is 0 Å². The van der Waals surface area contributed by atoms with E-state index in [9.17, 15) is 4.79 Å². The fourth-order valence-electron chi connectivity index (χ4n) is 2.62. The lowest BCUT2D eigenvalue weighted by Crippen LogP contribution is -2.38. The zero-order valence-electron chi connectivity index (χ0n) is 15.2. The maximum Gasteiger partial charge on any atom is 0.255 e. The predicted molar refractivity (Wildman–Crippen MR) is 113 cm³/mol. The Morgan fingerprint density at radius 1 is 1.26 bits per heavy atom. The molecule has 0 saturated heterocycles. The van der Waals surface area contributed by atoms with Crippen LogP contribution < -0.4 is 21.1 Å². The molecule has 1 saturated carbocycles. The largest absolute Gasteiger partial charge is 0.494 e. The van der Waals surface area contributed by atoms with Crippen LogP contribution in [0.25, 0.3) is 0 Å². The van der Waals surface area contributed by atoms with Crippen molar-refractivity contribution in [2.24, 2.45) is 11.7 Å². The van der Waals surface area contributed by atoms with Crippen molar-refractivity contribution in [1.82, 2.24) is 10.3 Å². The number of pyridine rings is 1. The maximum absolute atomic E-state index is 12.5. The van der Waals surface area contributed by atoms with Crippen LogP contribution in [0.1, 0.15) is 30.1 Å². The number of rotatable bonds is 8. The van der Waals surface area contributed by atoms with E-state index in [1.165, 1.54) is 0 Å². The molecule has 0 spiro atoms. The van der Waals surface area contributed by atoms with Crippen LogP contribution in [0, 0.1) is 5.92 Å². The summed E-state index contributed by atoms with van der Waals surface area (Å²) >= 11 is 0. The average molecular weight is 413 g/mol. The fraction of sp³-hybridized carbons (Fsp3) is 0.368. The second-order valence-corrected chi connectivity index (χ2v) is 6.19. The Bertz CT molecular complexity index is 724. The van der Waals surface area contributed by atoms with E-state index in [0.29, 0.717) is 30.5 Å². The summed E-state index contributed by atoms with van der Waals surface area (Å²) in [6.45, 7) is 3.06. The lowest BCUT2D eigenvalue weighted by molar-refractivity contribution is 0.0951. The third-order valence-corrected chi connectivity index (χ3v) is 4.21. The number of halogens is 2. The van der Waals surface area contributed by atoms with E-state index >= 15 is 0 Å². The second kappa shape index (κ2) is 11.0. The van der Waals surface area contributed by atoms with Crippen LogP contribution in [0.2, 0.25) is 0 Å². The summed E-state index contributed by atoms with van der Waals surface area (Å²) in [5, 5.41) is 6.09. The molecule has 1 aromatic heterocycles. The van der Waals surface area contributed by atoms with Crippen molar-refractivity contribution < 1.29 is 9.53 Å². The molecule has 2 aromatic rings. The van der Waals surface area contributed by atoms with Gasteiger partial charge in [-0.2, -0.15) is 0 Å². The van der Waals surface area contributed by atoms with Crippen LogP contribution >= 0.6 is 24.8 Å². The minimum absolute atomic E-state index is 0. The van der Waals surface area contributed by atoms with Gasteiger partial charge < -0.3 is 21.1 Å². The van der Waals surface area contributed by atoms with Crippen molar-refractivity contribution in [2.45, 2.75) is 25.8 Å². The standard InChI is InChI=1S/C19H24N4O2.2ClH/c1-2-25-15-9-7-14(8-10-15)23-18-16(4-3-11-21-18)19(24)22-12-17(20)13-5-6-13;;/h3-4,7-11,13,17H,2,5-6,12,20H2,1H3,(H,21,23)(H,22,24);2*1H. The normalized spacial score (nSPS) is 13.6. The van der Waals surface area contributed by atoms with Gasteiger partial charge in [0, 0.05) is 24.5 Å². The first kappa shape index (κ1) is 23.0. The average Bonchev–Trinajstić information content (AvgIpc) is 3.47. The molecule has 0 bridgehead atoms. The van der Waals surface area contributed by atoms with Gasteiger partial charge in [0.25, 0.3) is 5.91 Å². The molecule has 1 aromatic carbocycles. The number of amides is 1. The number of aromatic nitrogens is 1. The van der Waals surface area contributed by atoms with Crippen LogP contribution in [-0.2, 0) is 0 Å². The first-order valence-corrected chi connectivity index (χ1v) is 8.66. The molecule has 3 rings (SSSR count). The van der Waals surface area contributed by atoms with Gasteiger partial charge in [0.15, 0.2) is 0 Å². The lowest BCUT2D eigenvalue weighted by Gasteiger charge is -2.14. The highest BCUT2D eigenvalue weighted by molar-refractivity contribution is 5.99. The van der Waals surface area contributed by atoms with E-state index in [2.05, 4.69) is 15.6 Å². The monoisotopic (exact) mass is 412 g/mol. The summed E-state index contributed by atoms with van der Waals surface area (Å²) in [5.74, 6) is 1.71. The van der Waals surface area contributed by atoms with Crippen molar-refractivity contribution in [2.75, 3.05) is 18.5 Å². The molecule has 1 aliphatic rings. The Balaban J connectivity index is 0.00000182. The quantitative estimate of drug-likeness (QED) is 0.616. The number of carbonyl (C=O) groups is 1. The number of ether oxygens (including phenoxy) is 1. The lowest BCUT2D eigenvalue weighted by atomic mass is 10.2. The zero-order valence-corrected chi connectivity index (χ0v) is 16.8. The van der Waals surface area contributed by atoms with Gasteiger partial charge in [-0.1, -0.05) is 0 Å². The van der Waals surface area contributed by atoms with Gasteiger partial charge in [0.2, 0.25) is 0 Å². The minimum Gasteiger partial charge on any atom is -0.494 e. The first-order chi connectivity index (χ1) is 12.2. The summed E-state index contributed by atoms with van der Waals surface area (Å²) in [4.78, 5) is 16.8. The van der Waals surface area contributed by atoms with E-state index in [1.54, 1.807) is 18.3 Å². The molecule has 0 aliphatic heterocycles. The van der Waals surface area contributed by atoms with Gasteiger partial charge >= 0.3 is 0 Å². The summed E-state index contributed by atoms with van der Waals surface area (Å²) in [6.07, 6.45) is 3.98. The molecule has 27 heavy (non-hydrogen) atoms. The third kappa shape index (κ3) is 6.57. The summed E-state index contributed by atoms with van der Waals surface area (Å²) in [7, 11) is 0. The zero-order chi connectivity index (χ0) is 17.6. The number of hydrogen-bond acceptors (Lipinski definition) is 5. The van der Waals surface area contributed by atoms with E-state index in [4.69, 9.17) is 10.5 Å². The predicted octanol–water partition coefficient (Wildman–Crippen LogP) is 3.53. The Labute approximate surface area is 172 Å². The Kier molecular flexibility index (Phi) is 9.35. The fourth-order valence-corrected chi connectivity index (χ4v) is 2.62. The highest BCUT2D eigenvalue weighted by Crippen LogP contribution is 2.31. The number of benzene rings is 1. The van der Waals surface area contributed by atoms with E-state index < -0.39 is 0 Å². The number of anilines is 2. The maximum atomic E-state index is 12.5. The van der Waals surface area contributed by atoms with Crippen molar-refractivity contribution >= 4 is 42.2 Å². The molecule has 148 valence electrons. The van der Waals surface area contributed by atoms with Gasteiger partial charge in [-0.05, 0) is 62.1 Å². The van der Waals surface area contributed by atoms with Crippen LogP contribution in [-0.4, -0.2) is 30.1 Å². The number of nitrogens with two attached hydrogens (primary N) is 1. The van der Waals surface area contributed by atoms with Crippen molar-refractivity contribution in [1.29, 1.82) is 0 Å². The topological polar surface area (TPSA) is 89.3 Å². The first-order valence-electron chi connectivity index (χ1n) is 8.66. The Morgan fingerprint density at radius 3 is 2.59 bits per heavy atom. The van der Waals surface area contributed by atoms with Gasteiger partial charge in [0.1, 0.15) is 11.6 Å². The second-order valence-electron chi connectivity index (χ2n) is 6.19. The van der Waals surface area contributed by atoms with Gasteiger partial charge in [-0.25, -0.2) is 4.98 Å². The highest BCUT2D eigenvalue weighted by Gasteiger charge is 2.28. The number of carbonyl (C=O) groups excluding carboxylic acids is 1. The van der Waals surface area contributed by atoms with Crippen LogP contribution in [0.4, 0.5) is 11.5 Å². The molecule has 6 nitrogen and oxygen atoms in total. The van der Waals surface area contributed by atoms with E-state index in [-0.39, 0.29) is 36.8 Å². The summed E-state index contributed by atoms with van der Waals surface area (Å²) in [6, 6.07) is 11.1. The molecule has 1 unspecified atom stereocenters. The molecule has 1 atom stereocenters. The number of hydrogen-bond donors (Lipinski definition) is 3. The van der Waals surface area contributed by atoms with Crippen LogP contribution in [0.15, 0.2) is 42.6 Å². The van der Waals surface area contributed by atoms with Gasteiger partial charge in [-0.3, -0.25) is 4.79 Å². The van der Waals surface area contributed by atoms with E-state index in [1.807, 2.05) is 31.2 Å². The number of nitrogens with one attached hydrogen (secondary N) is 2. The molecular weight excluding hydrogens is 387 g/mol. The van der Waals surface area contributed by atoms with Crippen LogP contribution in [0.5, 0.6) is 5.75 Å².